The van der Waals surface area contributed by atoms with Gasteiger partial charge in [-0.15, -0.1) is 47.5 Å². The number of hydrogen-bond acceptors (Lipinski definition) is 3. The fraction of sp³-hybridized carbons (Fsp3) is 0.0256. The van der Waals surface area contributed by atoms with E-state index in [0.29, 0.717) is 11.5 Å². The maximum Gasteiger partial charge on any atom is 2.00 e. The molecule has 43 heavy (non-hydrogen) atoms. The Morgan fingerprint density at radius 2 is 1.12 bits per heavy atom. The van der Waals surface area contributed by atoms with Crippen molar-refractivity contribution in [3.63, 3.8) is 0 Å². The van der Waals surface area contributed by atoms with Crippen molar-refractivity contribution in [3.05, 3.63) is 145 Å². The average Bonchev–Trinajstić information content (AvgIpc) is 3.15. The summed E-state index contributed by atoms with van der Waals surface area (Å²) in [6.45, 7) is 2.06. The van der Waals surface area contributed by atoms with Crippen LogP contribution in [0.5, 0.6) is 11.5 Å². The summed E-state index contributed by atoms with van der Waals surface area (Å²) in [6, 6.07) is 46.5. The van der Waals surface area contributed by atoms with E-state index in [-0.39, 0.29) is 21.1 Å². The van der Waals surface area contributed by atoms with Gasteiger partial charge in [0.15, 0.2) is 0 Å². The smallest absolute Gasteiger partial charge is 0.497 e. The second kappa shape index (κ2) is 11.1. The maximum atomic E-state index is 6.24. The monoisotopic (exact) mass is 731 g/mol. The van der Waals surface area contributed by atoms with Crippen LogP contribution in [0.3, 0.4) is 0 Å². The molecule has 5 aromatic carbocycles. The van der Waals surface area contributed by atoms with Crippen LogP contribution in [-0.4, -0.2) is 9.97 Å². The third-order valence-electron chi connectivity index (χ3n) is 7.83. The number of benzene rings is 5. The minimum Gasteiger partial charge on any atom is -0.497 e. The second-order valence-electron chi connectivity index (χ2n) is 10.5. The zero-order valence-corrected chi connectivity index (χ0v) is 25.5. The largest absolute Gasteiger partial charge is 2.00 e. The fourth-order valence-corrected chi connectivity index (χ4v) is 5.90. The molecule has 0 saturated carbocycles. The van der Waals surface area contributed by atoms with Gasteiger partial charge in [0.1, 0.15) is 0 Å². The average molecular weight is 732 g/mol. The predicted octanol–water partition coefficient (Wildman–Crippen LogP) is 9.98. The first-order chi connectivity index (χ1) is 20.7. The molecule has 0 saturated heterocycles. The van der Waals surface area contributed by atoms with Gasteiger partial charge in [0.2, 0.25) is 0 Å². The Morgan fingerprint density at radius 3 is 1.79 bits per heavy atom. The standard InChI is InChI=1S/C39H24N2O.Pt/c1-25-18-19-40-37(20-25)27-10-4-12-29(21-27)42-30-13-5-11-28(22-30)38-23-35-34-17-7-9-26-8-6-16-33(39(26)34)31-14-2-3-15-32(31)36(35)24-41-38;/h2-20,23-24H,1H3;/q-2;+2. The molecule has 2 heterocycles. The van der Waals surface area contributed by atoms with Crippen molar-refractivity contribution in [2.45, 2.75) is 6.92 Å². The quantitative estimate of drug-likeness (QED) is 0.169. The summed E-state index contributed by atoms with van der Waals surface area (Å²) in [6.07, 6.45) is 3.82. The Kier molecular flexibility index (Phi) is 6.97. The van der Waals surface area contributed by atoms with Gasteiger partial charge in [0, 0.05) is 29.5 Å². The summed E-state index contributed by atoms with van der Waals surface area (Å²) >= 11 is 0. The molecule has 7 aromatic rings. The molecule has 0 radical (unpaired) electrons. The van der Waals surface area contributed by atoms with Crippen LogP contribution in [0.4, 0.5) is 0 Å². The third-order valence-corrected chi connectivity index (χ3v) is 7.83. The van der Waals surface area contributed by atoms with Crippen molar-refractivity contribution in [1.29, 1.82) is 0 Å². The maximum absolute atomic E-state index is 6.24. The van der Waals surface area contributed by atoms with E-state index in [1.807, 2.05) is 60.9 Å². The molecule has 0 fully saturated rings. The Morgan fingerprint density at radius 1 is 0.535 bits per heavy atom. The number of aromatic nitrogens is 2. The molecule has 1 aliphatic carbocycles. The van der Waals surface area contributed by atoms with Gasteiger partial charge in [0.05, 0.1) is 0 Å². The van der Waals surface area contributed by atoms with Gasteiger partial charge in [-0.2, -0.15) is 0 Å². The van der Waals surface area contributed by atoms with Gasteiger partial charge in [-0.3, -0.25) is 0 Å². The topological polar surface area (TPSA) is 35.0 Å². The number of fused-ring (bicyclic) bond motifs is 5. The first-order valence-corrected chi connectivity index (χ1v) is 14.0. The van der Waals surface area contributed by atoms with Crippen LogP contribution < -0.4 is 4.74 Å². The molecular weight excluding hydrogens is 708 g/mol. The summed E-state index contributed by atoms with van der Waals surface area (Å²) in [7, 11) is 0. The number of aryl methyl sites for hydroxylation is 1. The molecule has 1 aliphatic rings. The third kappa shape index (κ3) is 4.86. The summed E-state index contributed by atoms with van der Waals surface area (Å²) in [5.74, 6) is 1.21. The van der Waals surface area contributed by atoms with Crippen LogP contribution in [0.2, 0.25) is 0 Å². The molecule has 0 atom stereocenters. The van der Waals surface area contributed by atoms with Gasteiger partial charge < -0.3 is 14.7 Å². The van der Waals surface area contributed by atoms with Gasteiger partial charge in [0.25, 0.3) is 0 Å². The molecule has 8 rings (SSSR count). The van der Waals surface area contributed by atoms with Gasteiger partial charge >= 0.3 is 21.1 Å². The molecule has 4 heteroatoms. The van der Waals surface area contributed by atoms with Gasteiger partial charge in [-0.1, -0.05) is 90.5 Å². The van der Waals surface area contributed by atoms with Crippen molar-refractivity contribution in [2.24, 2.45) is 0 Å². The zero-order chi connectivity index (χ0) is 28.0. The van der Waals surface area contributed by atoms with Crippen molar-refractivity contribution < 1.29 is 25.8 Å². The first kappa shape index (κ1) is 27.0. The minimum atomic E-state index is 0. The van der Waals surface area contributed by atoms with Crippen LogP contribution in [0, 0.1) is 19.1 Å². The van der Waals surface area contributed by atoms with Gasteiger partial charge in [-0.25, -0.2) is 0 Å². The molecule has 3 nitrogen and oxygen atoms in total. The van der Waals surface area contributed by atoms with Crippen LogP contribution in [0.25, 0.3) is 66.7 Å². The van der Waals surface area contributed by atoms with Crippen molar-refractivity contribution in [1.82, 2.24) is 9.97 Å². The number of hydrogen-bond donors (Lipinski definition) is 0. The molecule has 0 N–H and O–H groups in total. The molecule has 2 aromatic heterocycles. The van der Waals surface area contributed by atoms with Crippen molar-refractivity contribution in [3.8, 4) is 67.4 Å². The Bertz CT molecular complexity index is 2150. The summed E-state index contributed by atoms with van der Waals surface area (Å²) in [5.41, 5.74) is 11.8. The molecule has 0 bridgehead atoms. The molecular formula is C39H24N2OPt. The second-order valence-corrected chi connectivity index (χ2v) is 10.5. The van der Waals surface area contributed by atoms with E-state index < -0.39 is 0 Å². The van der Waals surface area contributed by atoms with E-state index in [1.54, 1.807) is 0 Å². The van der Waals surface area contributed by atoms with Gasteiger partial charge in [-0.05, 0) is 63.0 Å². The van der Waals surface area contributed by atoms with Crippen molar-refractivity contribution >= 4 is 10.8 Å². The summed E-state index contributed by atoms with van der Waals surface area (Å²) in [5, 5.41) is 2.50. The summed E-state index contributed by atoms with van der Waals surface area (Å²) in [4.78, 5) is 9.43. The molecule has 0 unspecified atom stereocenters. The number of nitrogens with zero attached hydrogens (tertiary/aromatic N) is 2. The SMILES string of the molecule is Cc1ccnc(-c2[c-]c(Oc3[c-]c(-c4cc5c(cn4)-c4ccccc4-c4cccc6cccc-5c46)ccc3)ccc2)c1.[Pt+2]. The minimum absolute atomic E-state index is 0. The number of rotatable bonds is 4. The fourth-order valence-electron chi connectivity index (χ4n) is 5.90. The zero-order valence-electron chi connectivity index (χ0n) is 23.2. The normalized spacial score (nSPS) is 11.2. The predicted molar refractivity (Wildman–Crippen MR) is 169 cm³/mol. The molecule has 0 spiro atoms. The van der Waals surface area contributed by atoms with E-state index in [2.05, 4.69) is 90.8 Å². The Balaban J connectivity index is 0.00000300. The Hall–Kier alpha value is -4.85. The van der Waals surface area contributed by atoms with E-state index in [0.717, 1.165) is 39.2 Å². The van der Waals surface area contributed by atoms with Crippen LogP contribution in [0.1, 0.15) is 5.56 Å². The van der Waals surface area contributed by atoms with E-state index in [1.165, 1.54) is 33.0 Å². The van der Waals surface area contributed by atoms with E-state index >= 15 is 0 Å². The molecule has 0 amide bonds. The summed E-state index contributed by atoms with van der Waals surface area (Å²) < 4.78 is 6.24. The Labute approximate surface area is 265 Å². The van der Waals surface area contributed by atoms with Crippen LogP contribution >= 0.6 is 0 Å². The number of pyridine rings is 2. The van der Waals surface area contributed by atoms with Crippen LogP contribution in [0.15, 0.2) is 128 Å². The van der Waals surface area contributed by atoms with Crippen molar-refractivity contribution in [2.75, 3.05) is 0 Å². The molecule has 0 aliphatic heterocycles. The molecule has 206 valence electrons. The first-order valence-electron chi connectivity index (χ1n) is 14.0. The van der Waals surface area contributed by atoms with E-state index in [4.69, 9.17) is 9.72 Å². The van der Waals surface area contributed by atoms with Crippen LogP contribution in [-0.2, 0) is 21.1 Å². The number of ether oxygens (including phenoxy) is 1. The van der Waals surface area contributed by atoms with E-state index in [9.17, 15) is 0 Å².